The van der Waals surface area contributed by atoms with Crippen molar-refractivity contribution in [3.63, 3.8) is 0 Å². The van der Waals surface area contributed by atoms with Crippen LogP contribution >= 0.6 is 11.6 Å². The molecule has 0 amide bonds. The van der Waals surface area contributed by atoms with Gasteiger partial charge in [0.25, 0.3) is 5.56 Å². The average Bonchev–Trinajstić information content (AvgIpc) is 3.23. The van der Waals surface area contributed by atoms with E-state index in [9.17, 15) is 4.79 Å². The summed E-state index contributed by atoms with van der Waals surface area (Å²) in [5, 5.41) is 16.7. The van der Waals surface area contributed by atoms with Gasteiger partial charge in [0.05, 0.1) is 6.04 Å². The molecule has 1 aliphatic carbocycles. The molecule has 27 heavy (non-hydrogen) atoms. The molecule has 2 aromatic rings. The minimum absolute atomic E-state index is 0.0483. The second-order valence-corrected chi connectivity index (χ2v) is 7.60. The molecular weight excluding hydrogens is 364 g/mol. The van der Waals surface area contributed by atoms with E-state index in [0.717, 1.165) is 30.7 Å². The van der Waals surface area contributed by atoms with Crippen LogP contribution in [0.4, 0.5) is 0 Å². The maximum atomic E-state index is 12.4. The molecule has 1 fully saturated rings. The predicted molar refractivity (Wildman–Crippen MR) is 104 cm³/mol. The molecule has 8 heteroatoms. The Morgan fingerprint density at radius 3 is 2.70 bits per heavy atom. The number of nitrogens with zero attached hydrogens (tertiary/aromatic N) is 5. The summed E-state index contributed by atoms with van der Waals surface area (Å²) >= 11 is 6.19. The largest absolute Gasteiger partial charge is 0.330 e. The molecule has 2 aliphatic rings. The van der Waals surface area contributed by atoms with E-state index in [4.69, 9.17) is 17.3 Å². The van der Waals surface area contributed by atoms with Crippen LogP contribution in [0.15, 0.2) is 56.6 Å². The third-order valence-electron chi connectivity index (χ3n) is 5.66. The van der Waals surface area contributed by atoms with Gasteiger partial charge in [0, 0.05) is 23.0 Å². The van der Waals surface area contributed by atoms with Crippen LogP contribution in [-0.4, -0.2) is 28.6 Å². The average molecular weight is 385 g/mol. The van der Waals surface area contributed by atoms with Gasteiger partial charge in [0.15, 0.2) is 0 Å². The van der Waals surface area contributed by atoms with Crippen molar-refractivity contribution in [2.75, 3.05) is 13.1 Å². The van der Waals surface area contributed by atoms with E-state index in [-0.39, 0.29) is 17.0 Å². The summed E-state index contributed by atoms with van der Waals surface area (Å²) in [5.74, 6) is 0. The summed E-state index contributed by atoms with van der Waals surface area (Å²) in [6.07, 6.45) is 3.44. The summed E-state index contributed by atoms with van der Waals surface area (Å²) in [6, 6.07) is 11.2. The van der Waals surface area contributed by atoms with Gasteiger partial charge in [-0.3, -0.25) is 4.79 Å². The molecular formula is C19H21ClN6O. The lowest BCUT2D eigenvalue weighted by atomic mass is 9.68. The quantitative estimate of drug-likeness (QED) is 0.876. The minimum Gasteiger partial charge on any atom is -0.330 e. The smallest absolute Gasteiger partial charge is 0.267 e. The summed E-state index contributed by atoms with van der Waals surface area (Å²) in [7, 11) is 0. The van der Waals surface area contributed by atoms with Crippen molar-refractivity contribution in [3.8, 4) is 0 Å². The van der Waals surface area contributed by atoms with Gasteiger partial charge in [-0.15, -0.1) is 5.10 Å². The molecule has 1 aromatic carbocycles. The number of halogens is 1. The number of rotatable bonds is 4. The monoisotopic (exact) mass is 384 g/mol. The van der Waals surface area contributed by atoms with Crippen LogP contribution < -0.4 is 11.3 Å². The van der Waals surface area contributed by atoms with Crippen LogP contribution in [0, 0.1) is 0 Å². The van der Waals surface area contributed by atoms with Crippen molar-refractivity contribution in [2.45, 2.75) is 37.1 Å². The van der Waals surface area contributed by atoms with Gasteiger partial charge in [0.2, 0.25) is 0 Å². The molecule has 1 aliphatic heterocycles. The summed E-state index contributed by atoms with van der Waals surface area (Å²) in [6.45, 7) is 0.961. The molecule has 0 saturated heterocycles. The van der Waals surface area contributed by atoms with Crippen LogP contribution in [0.1, 0.15) is 43.0 Å². The standard InChI is InChI=1S/C19H21ClN6O/c20-14-3-1-2-13(10-14)19(12-21)8-6-15(7-9-19)26-18(27)5-4-16(24-26)17-11-22-25-23-17/h1-5,10,15H,6-9,11-12,21H2. The van der Waals surface area contributed by atoms with E-state index in [1.54, 1.807) is 16.8 Å². The number of hydrogen-bond acceptors (Lipinski definition) is 6. The lowest BCUT2D eigenvalue weighted by Gasteiger charge is -2.40. The second-order valence-electron chi connectivity index (χ2n) is 7.16. The van der Waals surface area contributed by atoms with Gasteiger partial charge >= 0.3 is 0 Å². The first-order chi connectivity index (χ1) is 13.1. The Kier molecular flexibility index (Phi) is 4.88. The first-order valence-electron chi connectivity index (χ1n) is 9.11. The van der Waals surface area contributed by atoms with E-state index in [2.05, 4.69) is 26.6 Å². The van der Waals surface area contributed by atoms with Crippen molar-refractivity contribution < 1.29 is 0 Å². The lowest BCUT2D eigenvalue weighted by Crippen LogP contribution is -2.41. The van der Waals surface area contributed by atoms with Crippen molar-refractivity contribution in [1.82, 2.24) is 9.78 Å². The zero-order valence-corrected chi connectivity index (χ0v) is 15.6. The first kappa shape index (κ1) is 18.0. The molecule has 0 unspecified atom stereocenters. The van der Waals surface area contributed by atoms with Gasteiger partial charge in [-0.05, 0) is 54.7 Å². The van der Waals surface area contributed by atoms with Gasteiger partial charge < -0.3 is 5.73 Å². The molecule has 4 rings (SSSR count). The Balaban J connectivity index is 1.57. The van der Waals surface area contributed by atoms with E-state index in [1.807, 2.05) is 18.2 Å². The van der Waals surface area contributed by atoms with E-state index in [0.29, 0.717) is 24.5 Å². The fourth-order valence-electron chi connectivity index (χ4n) is 4.02. The minimum atomic E-state index is -0.101. The van der Waals surface area contributed by atoms with Gasteiger partial charge in [-0.2, -0.15) is 10.2 Å². The fraction of sp³-hybridized carbons (Fsp3) is 0.421. The molecule has 0 atom stereocenters. The van der Waals surface area contributed by atoms with Crippen LogP contribution in [0.25, 0.3) is 0 Å². The van der Waals surface area contributed by atoms with Crippen LogP contribution in [0.2, 0.25) is 5.02 Å². The Bertz CT molecular complexity index is 959. The molecule has 2 N–H and O–H groups in total. The van der Waals surface area contributed by atoms with E-state index >= 15 is 0 Å². The molecule has 1 saturated carbocycles. The molecule has 1 aromatic heterocycles. The topological polar surface area (TPSA) is 98.0 Å². The first-order valence-corrected chi connectivity index (χ1v) is 9.49. The van der Waals surface area contributed by atoms with Crippen LogP contribution in [0.3, 0.4) is 0 Å². The zero-order chi connectivity index (χ0) is 18.9. The highest BCUT2D eigenvalue weighted by atomic mass is 35.5. The lowest BCUT2D eigenvalue weighted by molar-refractivity contribution is 0.221. The predicted octanol–water partition coefficient (Wildman–Crippen LogP) is 3.08. The number of hydrogen-bond donors (Lipinski definition) is 1. The molecule has 0 bridgehead atoms. The fourth-order valence-corrected chi connectivity index (χ4v) is 4.21. The second kappa shape index (κ2) is 7.32. The van der Waals surface area contributed by atoms with Gasteiger partial charge in [-0.1, -0.05) is 23.7 Å². The SMILES string of the molecule is NCC1(c2cccc(Cl)c2)CCC(n2nc(C3=NN=NC3)ccc2=O)CC1. The Hall–Kier alpha value is -2.38. The number of aromatic nitrogens is 2. The highest BCUT2D eigenvalue weighted by Crippen LogP contribution is 2.42. The normalized spacial score (nSPS) is 24.8. The summed E-state index contributed by atoms with van der Waals surface area (Å²) in [5.41, 5.74) is 8.50. The van der Waals surface area contributed by atoms with E-state index < -0.39 is 0 Å². The number of nitrogens with two attached hydrogens (primary N) is 1. The zero-order valence-electron chi connectivity index (χ0n) is 14.9. The van der Waals surface area contributed by atoms with E-state index in [1.165, 1.54) is 5.56 Å². The Labute approximate surface area is 161 Å². The highest BCUT2D eigenvalue weighted by Gasteiger charge is 2.37. The van der Waals surface area contributed by atoms with Crippen molar-refractivity contribution in [3.05, 3.63) is 63.0 Å². The third kappa shape index (κ3) is 3.44. The molecule has 0 spiro atoms. The molecule has 2 heterocycles. The molecule has 0 radical (unpaired) electrons. The maximum Gasteiger partial charge on any atom is 0.267 e. The Morgan fingerprint density at radius 1 is 1.22 bits per heavy atom. The van der Waals surface area contributed by atoms with Crippen LogP contribution in [-0.2, 0) is 5.41 Å². The maximum absolute atomic E-state index is 12.4. The van der Waals surface area contributed by atoms with Crippen molar-refractivity contribution in [2.24, 2.45) is 21.2 Å². The van der Waals surface area contributed by atoms with Gasteiger partial charge in [0.1, 0.15) is 18.0 Å². The highest BCUT2D eigenvalue weighted by molar-refractivity contribution is 6.30. The van der Waals surface area contributed by atoms with Crippen LogP contribution in [0.5, 0.6) is 0 Å². The molecule has 140 valence electrons. The number of benzene rings is 1. The van der Waals surface area contributed by atoms with Gasteiger partial charge in [-0.25, -0.2) is 4.68 Å². The van der Waals surface area contributed by atoms with Crippen molar-refractivity contribution in [1.29, 1.82) is 0 Å². The van der Waals surface area contributed by atoms with Crippen molar-refractivity contribution >= 4 is 17.3 Å². The summed E-state index contributed by atoms with van der Waals surface area (Å²) < 4.78 is 1.59. The Morgan fingerprint density at radius 2 is 2.04 bits per heavy atom. The molecule has 7 nitrogen and oxygen atoms in total. The summed E-state index contributed by atoms with van der Waals surface area (Å²) in [4.78, 5) is 12.4. The third-order valence-corrected chi connectivity index (χ3v) is 5.89.